The maximum atomic E-state index is 6.10. The molecule has 5 heteroatoms. The number of hydrogen-bond donors (Lipinski definition) is 2. The normalized spacial score (nSPS) is 12.7. The van der Waals surface area contributed by atoms with E-state index in [1.54, 1.807) is 10.9 Å². The molecule has 0 spiro atoms. The van der Waals surface area contributed by atoms with Crippen molar-refractivity contribution in [3.8, 4) is 0 Å². The van der Waals surface area contributed by atoms with Gasteiger partial charge in [-0.25, -0.2) is 4.98 Å². The number of nitrogens with zero attached hydrogens (tertiary/aromatic N) is 3. The molecule has 4 N–H and O–H groups in total. The molecule has 0 radical (unpaired) electrons. The van der Waals surface area contributed by atoms with Crippen molar-refractivity contribution in [2.45, 2.75) is 13.0 Å². The van der Waals surface area contributed by atoms with Crippen molar-refractivity contribution in [1.82, 2.24) is 14.8 Å². The van der Waals surface area contributed by atoms with Gasteiger partial charge in [0.2, 0.25) is 0 Å². The number of pyridine rings is 1. The monoisotopic (exact) mass is 217 g/mol. The molecule has 0 aliphatic rings. The van der Waals surface area contributed by atoms with Gasteiger partial charge in [-0.1, -0.05) is 0 Å². The van der Waals surface area contributed by atoms with Crippen molar-refractivity contribution >= 4 is 5.82 Å². The third-order valence-electron chi connectivity index (χ3n) is 2.47. The molecular weight excluding hydrogens is 202 g/mol. The minimum atomic E-state index is -0.325. The van der Waals surface area contributed by atoms with Gasteiger partial charge >= 0.3 is 0 Å². The van der Waals surface area contributed by atoms with E-state index in [1.807, 2.05) is 32.3 Å². The van der Waals surface area contributed by atoms with Gasteiger partial charge in [0.25, 0.3) is 0 Å². The summed E-state index contributed by atoms with van der Waals surface area (Å²) in [5, 5.41) is 4.27. The van der Waals surface area contributed by atoms with Gasteiger partial charge in [0.05, 0.1) is 11.7 Å². The van der Waals surface area contributed by atoms with Crippen molar-refractivity contribution in [1.29, 1.82) is 0 Å². The molecule has 2 heterocycles. The Morgan fingerprint density at radius 1 is 1.44 bits per heavy atom. The van der Waals surface area contributed by atoms with E-state index in [2.05, 4.69) is 10.1 Å². The van der Waals surface area contributed by atoms with Crippen LogP contribution in [0.15, 0.2) is 24.5 Å². The van der Waals surface area contributed by atoms with E-state index < -0.39 is 0 Å². The lowest BCUT2D eigenvalue weighted by atomic mass is 10.0. The maximum Gasteiger partial charge on any atom is 0.128 e. The van der Waals surface area contributed by atoms with Gasteiger partial charge < -0.3 is 11.5 Å². The van der Waals surface area contributed by atoms with Crippen LogP contribution in [0.3, 0.4) is 0 Å². The molecule has 2 aromatic heterocycles. The Morgan fingerprint density at radius 2 is 2.19 bits per heavy atom. The predicted octanol–water partition coefficient (Wildman–Crippen LogP) is 0.754. The van der Waals surface area contributed by atoms with Gasteiger partial charge in [-0.15, -0.1) is 0 Å². The molecule has 1 unspecified atom stereocenters. The molecule has 84 valence electrons. The van der Waals surface area contributed by atoms with E-state index in [1.165, 1.54) is 0 Å². The summed E-state index contributed by atoms with van der Waals surface area (Å²) in [4.78, 5) is 4.10. The molecule has 2 rings (SSSR count). The first kappa shape index (κ1) is 10.6. The Hall–Kier alpha value is -1.88. The van der Waals surface area contributed by atoms with Crippen LogP contribution >= 0.6 is 0 Å². The molecule has 1 atom stereocenters. The van der Waals surface area contributed by atoms with Gasteiger partial charge in [0.15, 0.2) is 0 Å². The number of aryl methyl sites for hydroxylation is 2. The van der Waals surface area contributed by atoms with Gasteiger partial charge in [-0.05, 0) is 24.6 Å². The van der Waals surface area contributed by atoms with Crippen LogP contribution < -0.4 is 11.5 Å². The highest BCUT2D eigenvalue weighted by molar-refractivity contribution is 5.45. The zero-order valence-electron chi connectivity index (χ0n) is 9.38. The van der Waals surface area contributed by atoms with Crippen LogP contribution in [0, 0.1) is 6.92 Å². The van der Waals surface area contributed by atoms with E-state index in [0.29, 0.717) is 5.82 Å². The molecule has 0 fully saturated rings. The SMILES string of the molecule is Cc1cnc(N)c(C(N)c2ccn(C)n2)c1. The van der Waals surface area contributed by atoms with Crippen LogP contribution in [0.4, 0.5) is 5.82 Å². The summed E-state index contributed by atoms with van der Waals surface area (Å²) < 4.78 is 1.72. The lowest BCUT2D eigenvalue weighted by Crippen LogP contribution is -2.15. The van der Waals surface area contributed by atoms with Crippen LogP contribution in [-0.4, -0.2) is 14.8 Å². The summed E-state index contributed by atoms with van der Waals surface area (Å²) in [6.07, 6.45) is 3.58. The quantitative estimate of drug-likeness (QED) is 0.777. The van der Waals surface area contributed by atoms with Gasteiger partial charge in [-0.2, -0.15) is 5.10 Å². The van der Waals surface area contributed by atoms with Crippen molar-refractivity contribution in [3.05, 3.63) is 41.3 Å². The number of rotatable bonds is 2. The highest BCUT2D eigenvalue weighted by Crippen LogP contribution is 2.22. The van der Waals surface area contributed by atoms with E-state index in [0.717, 1.165) is 16.8 Å². The second-order valence-electron chi connectivity index (χ2n) is 3.88. The van der Waals surface area contributed by atoms with Crippen LogP contribution in [0.25, 0.3) is 0 Å². The van der Waals surface area contributed by atoms with Crippen LogP contribution in [-0.2, 0) is 7.05 Å². The fraction of sp³-hybridized carbons (Fsp3) is 0.273. The van der Waals surface area contributed by atoms with Crippen LogP contribution in [0.1, 0.15) is 22.9 Å². The van der Waals surface area contributed by atoms with Crippen molar-refractivity contribution < 1.29 is 0 Å². The maximum absolute atomic E-state index is 6.10. The Bertz CT molecular complexity index is 503. The number of anilines is 1. The minimum absolute atomic E-state index is 0.325. The first-order valence-electron chi connectivity index (χ1n) is 5.05. The molecule has 16 heavy (non-hydrogen) atoms. The van der Waals surface area contributed by atoms with Crippen molar-refractivity contribution in [2.75, 3.05) is 5.73 Å². The Labute approximate surface area is 94.1 Å². The molecule has 0 amide bonds. The van der Waals surface area contributed by atoms with Crippen LogP contribution in [0.2, 0.25) is 0 Å². The molecule has 5 nitrogen and oxygen atoms in total. The summed E-state index contributed by atoms with van der Waals surface area (Å²) in [5.41, 5.74) is 14.6. The highest BCUT2D eigenvalue weighted by Gasteiger charge is 2.15. The van der Waals surface area contributed by atoms with Crippen molar-refractivity contribution in [3.63, 3.8) is 0 Å². The average molecular weight is 217 g/mol. The number of aromatic nitrogens is 3. The fourth-order valence-electron chi connectivity index (χ4n) is 1.61. The van der Waals surface area contributed by atoms with E-state index in [4.69, 9.17) is 11.5 Å². The van der Waals surface area contributed by atoms with Gasteiger partial charge in [-0.3, -0.25) is 4.68 Å². The second kappa shape index (κ2) is 3.94. The van der Waals surface area contributed by atoms with E-state index in [9.17, 15) is 0 Å². The number of nitrogens with two attached hydrogens (primary N) is 2. The predicted molar refractivity (Wildman–Crippen MR) is 62.6 cm³/mol. The second-order valence-corrected chi connectivity index (χ2v) is 3.88. The molecule has 0 aliphatic carbocycles. The highest BCUT2D eigenvalue weighted by atomic mass is 15.3. The first-order valence-corrected chi connectivity index (χ1v) is 5.05. The Morgan fingerprint density at radius 3 is 2.81 bits per heavy atom. The molecule has 0 aliphatic heterocycles. The summed E-state index contributed by atoms with van der Waals surface area (Å²) in [7, 11) is 1.86. The Kier molecular flexibility index (Phi) is 2.62. The molecular formula is C11H15N5. The van der Waals surface area contributed by atoms with Crippen molar-refractivity contribution in [2.24, 2.45) is 12.8 Å². The number of hydrogen-bond acceptors (Lipinski definition) is 4. The van der Waals surface area contributed by atoms with Gasteiger partial charge in [0, 0.05) is 25.0 Å². The average Bonchev–Trinajstić information content (AvgIpc) is 2.67. The molecule has 0 aromatic carbocycles. The minimum Gasteiger partial charge on any atom is -0.383 e. The van der Waals surface area contributed by atoms with E-state index in [-0.39, 0.29) is 6.04 Å². The topological polar surface area (TPSA) is 82.7 Å². The molecule has 0 saturated carbocycles. The lowest BCUT2D eigenvalue weighted by Gasteiger charge is -2.12. The standard InChI is InChI=1S/C11H15N5/c1-7-5-8(11(13)14-6-7)10(12)9-3-4-16(2)15-9/h3-6,10H,12H2,1-2H3,(H2,13,14). The smallest absolute Gasteiger partial charge is 0.128 e. The van der Waals surface area contributed by atoms with E-state index >= 15 is 0 Å². The largest absolute Gasteiger partial charge is 0.383 e. The van der Waals surface area contributed by atoms with Gasteiger partial charge in [0.1, 0.15) is 5.82 Å². The zero-order valence-corrected chi connectivity index (χ0v) is 9.38. The molecule has 0 bridgehead atoms. The summed E-state index contributed by atoms with van der Waals surface area (Å²) in [5.74, 6) is 0.462. The lowest BCUT2D eigenvalue weighted by molar-refractivity contribution is 0.715. The van der Waals surface area contributed by atoms with Crippen LogP contribution in [0.5, 0.6) is 0 Å². The number of nitrogen functional groups attached to an aromatic ring is 1. The third kappa shape index (κ3) is 1.90. The summed E-state index contributed by atoms with van der Waals surface area (Å²) >= 11 is 0. The molecule has 0 saturated heterocycles. The zero-order chi connectivity index (χ0) is 11.7. The summed E-state index contributed by atoms with van der Waals surface area (Å²) in [6, 6.07) is 3.50. The summed E-state index contributed by atoms with van der Waals surface area (Å²) in [6.45, 7) is 1.96. The third-order valence-corrected chi connectivity index (χ3v) is 2.47. The Balaban J connectivity index is 2.40. The first-order chi connectivity index (χ1) is 7.58. The molecule has 2 aromatic rings. The fourth-order valence-corrected chi connectivity index (χ4v) is 1.61.